The second-order valence-electron chi connectivity index (χ2n) is 11.2. The smallest absolute Gasteiger partial charge is 0.300 e. The summed E-state index contributed by atoms with van der Waals surface area (Å²) in [5.41, 5.74) is 0.206. The van der Waals surface area contributed by atoms with Crippen LogP contribution in [0.1, 0.15) is 36.3 Å². The number of halogens is 2. The van der Waals surface area contributed by atoms with E-state index in [-0.39, 0.29) is 57.0 Å². The number of nitrogens with zero attached hydrogens (tertiary/aromatic N) is 5. The van der Waals surface area contributed by atoms with E-state index in [0.29, 0.717) is 12.2 Å². The van der Waals surface area contributed by atoms with Crippen molar-refractivity contribution in [2.75, 3.05) is 34.4 Å². The van der Waals surface area contributed by atoms with Crippen LogP contribution in [0.15, 0.2) is 74.6 Å². The van der Waals surface area contributed by atoms with Gasteiger partial charge in [-0.25, -0.2) is 4.68 Å². The molecule has 2 amide bonds. The van der Waals surface area contributed by atoms with Crippen molar-refractivity contribution >= 4 is 93.9 Å². The van der Waals surface area contributed by atoms with Crippen LogP contribution < -0.4 is 15.5 Å². The molecule has 53 heavy (non-hydrogen) atoms. The Kier molecular flexibility index (Phi) is 12.7. The molecule has 0 unspecified atom stereocenters. The third kappa shape index (κ3) is 10.6. The summed E-state index contributed by atoms with van der Waals surface area (Å²) in [6.07, 6.45) is 0.106. The summed E-state index contributed by atoms with van der Waals surface area (Å²) >= 11 is 13.1. The third-order valence-electron chi connectivity index (χ3n) is 7.24. The minimum atomic E-state index is -5.00. The van der Waals surface area contributed by atoms with Gasteiger partial charge in [-0.1, -0.05) is 29.3 Å². The third-order valence-corrected chi connectivity index (χ3v) is 10.5. The Balaban J connectivity index is 1.76. The SMILES string of the molecule is CCN(CCCS(=O)(=O)O)c1ccc(N=Nc2c(S(=O)(=O)O)c(C)nn2-c2c(Cl)cc(NC(=O)c3cccc(S(=O)(=O)O)c3)cc2Cl)c(NC(C)=O)c1. The zero-order chi connectivity index (χ0) is 39.5. The molecule has 3 aromatic carbocycles. The molecule has 4 rings (SSSR count). The summed E-state index contributed by atoms with van der Waals surface area (Å²) in [5, 5.41) is 17.1. The molecular weight excluding hydrogens is 801 g/mol. The highest BCUT2D eigenvalue weighted by molar-refractivity contribution is 7.86. The lowest BCUT2D eigenvalue weighted by Gasteiger charge is -2.24. The van der Waals surface area contributed by atoms with Crippen LogP contribution in [0.5, 0.6) is 0 Å². The molecule has 0 radical (unpaired) electrons. The van der Waals surface area contributed by atoms with E-state index in [2.05, 4.69) is 26.0 Å². The number of nitrogens with one attached hydrogen (secondary N) is 2. The van der Waals surface area contributed by atoms with Crippen molar-refractivity contribution in [3.63, 3.8) is 0 Å². The van der Waals surface area contributed by atoms with Gasteiger partial charge in [0.1, 0.15) is 11.4 Å². The van der Waals surface area contributed by atoms with Crippen molar-refractivity contribution in [2.45, 2.75) is 37.0 Å². The van der Waals surface area contributed by atoms with Gasteiger partial charge in [0.2, 0.25) is 5.91 Å². The number of carbonyl (C=O) groups excluding carboxylic acids is 2. The Morgan fingerprint density at radius 2 is 1.57 bits per heavy atom. The summed E-state index contributed by atoms with van der Waals surface area (Å²) in [4.78, 5) is 25.5. The van der Waals surface area contributed by atoms with Gasteiger partial charge in [-0.15, -0.1) is 10.2 Å². The molecule has 0 bridgehead atoms. The first-order valence-corrected chi connectivity index (χ1v) is 20.3. The van der Waals surface area contributed by atoms with E-state index in [0.717, 1.165) is 16.8 Å². The van der Waals surface area contributed by atoms with E-state index >= 15 is 0 Å². The number of azo groups is 1. The van der Waals surface area contributed by atoms with Crippen LogP contribution in [0.25, 0.3) is 5.69 Å². The van der Waals surface area contributed by atoms with E-state index in [9.17, 15) is 43.9 Å². The highest BCUT2D eigenvalue weighted by atomic mass is 35.5. The van der Waals surface area contributed by atoms with Crippen molar-refractivity contribution in [1.29, 1.82) is 0 Å². The molecule has 0 aliphatic carbocycles. The maximum Gasteiger partial charge on any atom is 0.300 e. The molecule has 1 heterocycles. The van der Waals surface area contributed by atoms with E-state index in [1.54, 1.807) is 11.0 Å². The van der Waals surface area contributed by atoms with Crippen molar-refractivity contribution in [1.82, 2.24) is 9.78 Å². The van der Waals surface area contributed by atoms with Gasteiger partial charge < -0.3 is 15.5 Å². The molecule has 284 valence electrons. The first kappa shape index (κ1) is 41.3. The Morgan fingerprint density at radius 3 is 2.13 bits per heavy atom. The minimum Gasteiger partial charge on any atom is -0.372 e. The average molecular weight is 833 g/mol. The molecule has 4 aromatic rings. The first-order chi connectivity index (χ1) is 24.6. The van der Waals surface area contributed by atoms with Crippen molar-refractivity contribution in [3.8, 4) is 5.69 Å². The van der Waals surface area contributed by atoms with Crippen LogP contribution in [0.4, 0.5) is 28.6 Å². The second-order valence-corrected chi connectivity index (χ2v) is 16.3. The van der Waals surface area contributed by atoms with Gasteiger partial charge in [0.05, 0.1) is 32.1 Å². The van der Waals surface area contributed by atoms with E-state index in [4.69, 9.17) is 27.8 Å². The fourth-order valence-corrected chi connectivity index (χ4v) is 7.43. The highest BCUT2D eigenvalue weighted by Gasteiger charge is 2.29. The van der Waals surface area contributed by atoms with E-state index < -0.39 is 63.5 Å². The number of carbonyl (C=O) groups is 2. The van der Waals surface area contributed by atoms with Gasteiger partial charge in [-0.2, -0.15) is 30.4 Å². The molecule has 0 aliphatic rings. The lowest BCUT2D eigenvalue weighted by atomic mass is 10.2. The van der Waals surface area contributed by atoms with Crippen LogP contribution in [0.2, 0.25) is 10.0 Å². The normalized spacial score (nSPS) is 12.2. The van der Waals surface area contributed by atoms with Crippen molar-refractivity contribution in [2.24, 2.45) is 10.2 Å². The molecule has 0 aliphatic heterocycles. The Bertz CT molecular complexity index is 2430. The fraction of sp³-hybridized carbons (Fsp3) is 0.233. The molecule has 5 N–H and O–H groups in total. The maximum absolute atomic E-state index is 12.9. The van der Waals surface area contributed by atoms with Crippen LogP contribution in [-0.2, 0) is 35.1 Å². The predicted octanol–water partition coefficient (Wildman–Crippen LogP) is 5.71. The molecular formula is C30H31Cl2N7O11S3. The summed E-state index contributed by atoms with van der Waals surface area (Å²) < 4.78 is 99.8. The number of aromatic nitrogens is 2. The number of anilines is 3. The number of hydrogen-bond donors (Lipinski definition) is 5. The monoisotopic (exact) mass is 831 g/mol. The molecule has 0 atom stereocenters. The van der Waals surface area contributed by atoms with Gasteiger partial charge in [-0.05, 0) is 68.8 Å². The minimum absolute atomic E-state index is 0.0206. The summed E-state index contributed by atoms with van der Waals surface area (Å²) in [7, 11) is -13.8. The lowest BCUT2D eigenvalue weighted by molar-refractivity contribution is -0.114. The van der Waals surface area contributed by atoms with Crippen LogP contribution in [0, 0.1) is 6.92 Å². The number of rotatable bonds is 14. The Morgan fingerprint density at radius 1 is 0.906 bits per heavy atom. The van der Waals surface area contributed by atoms with E-state index in [1.165, 1.54) is 50.2 Å². The maximum atomic E-state index is 12.9. The molecule has 0 spiro atoms. The number of benzene rings is 3. The van der Waals surface area contributed by atoms with Crippen molar-refractivity contribution in [3.05, 3.63) is 75.9 Å². The lowest BCUT2D eigenvalue weighted by Crippen LogP contribution is -2.25. The number of amides is 2. The van der Waals surface area contributed by atoms with Crippen LogP contribution >= 0.6 is 23.2 Å². The van der Waals surface area contributed by atoms with Gasteiger partial charge in [0.25, 0.3) is 36.3 Å². The topological polar surface area (TPSA) is 267 Å². The Hall–Kier alpha value is -4.48. The molecule has 0 saturated carbocycles. The Labute approximate surface area is 314 Å². The molecule has 0 saturated heterocycles. The number of hydrogen-bond acceptors (Lipinski definition) is 12. The van der Waals surface area contributed by atoms with Gasteiger partial charge >= 0.3 is 0 Å². The first-order valence-electron chi connectivity index (χ1n) is 15.1. The zero-order valence-corrected chi connectivity index (χ0v) is 31.8. The molecule has 0 fully saturated rings. The predicted molar refractivity (Wildman–Crippen MR) is 196 cm³/mol. The quantitative estimate of drug-likeness (QED) is 0.0754. The van der Waals surface area contributed by atoms with E-state index in [1.807, 2.05) is 6.92 Å². The van der Waals surface area contributed by atoms with Crippen molar-refractivity contribution < 1.29 is 48.5 Å². The average Bonchev–Trinajstić information content (AvgIpc) is 3.36. The van der Waals surface area contributed by atoms with Crippen LogP contribution in [-0.4, -0.2) is 79.3 Å². The zero-order valence-electron chi connectivity index (χ0n) is 27.8. The largest absolute Gasteiger partial charge is 0.372 e. The highest BCUT2D eigenvalue weighted by Crippen LogP contribution is 2.40. The van der Waals surface area contributed by atoms with Crippen LogP contribution in [0.3, 0.4) is 0 Å². The summed E-state index contributed by atoms with van der Waals surface area (Å²) in [5.74, 6) is -2.30. The van der Waals surface area contributed by atoms with Gasteiger partial charge in [0.15, 0.2) is 10.7 Å². The van der Waals surface area contributed by atoms with Gasteiger partial charge in [0, 0.05) is 37.0 Å². The summed E-state index contributed by atoms with van der Waals surface area (Å²) in [6.45, 7) is 4.96. The standard InChI is InChI=1S/C30H31Cl2N7O11S3/c1-4-38(11-6-12-51(42,43)44)21-9-10-25(26(16-21)33-18(3)40)35-36-29-28(53(48,49)50)17(2)37-39(29)27-23(31)14-20(15-24(27)32)34-30(41)19-7-5-8-22(13-19)52(45,46)47/h5,7-10,13-16H,4,6,11-12H2,1-3H3,(H,33,40)(H,34,41)(H,42,43,44)(H,45,46,47)(H,48,49,50). The number of aryl methyl sites for hydroxylation is 1. The van der Waals surface area contributed by atoms with Gasteiger partial charge in [-0.3, -0.25) is 23.2 Å². The second kappa shape index (κ2) is 16.3. The fourth-order valence-electron chi connectivity index (χ4n) is 4.99. The molecule has 18 nitrogen and oxygen atoms in total. The molecule has 1 aromatic heterocycles. The molecule has 23 heteroatoms. The summed E-state index contributed by atoms with van der Waals surface area (Å²) in [6, 6.07) is 11.6.